The molecule has 5 nitrogen and oxygen atoms in total. The molecule has 2 rings (SSSR count). The van der Waals surface area contributed by atoms with Crippen LogP contribution in [0.3, 0.4) is 0 Å². The summed E-state index contributed by atoms with van der Waals surface area (Å²) in [5.41, 5.74) is 6.35. The number of nitrogens with one attached hydrogen (secondary N) is 3. The molecule has 7 heteroatoms. The summed E-state index contributed by atoms with van der Waals surface area (Å²) in [5.74, 6) is -0.992. The van der Waals surface area contributed by atoms with Crippen molar-refractivity contribution in [3.63, 3.8) is 0 Å². The Balaban J connectivity index is 1.72. The standard InChI is InChI=1S/C17H26F2N4O/c1-11-14(12(2)22-21-11)6-8-23(3)9-7-17(24)20-16-10-13(18)4-5-15(16)19/h4-5,10-12,14,21-22H,6-9H2,1-3H3,(H,20,24). The molecule has 1 aromatic rings. The van der Waals surface area contributed by atoms with Crippen molar-refractivity contribution >= 4 is 11.6 Å². The number of rotatable bonds is 7. The molecule has 0 radical (unpaired) electrons. The highest BCUT2D eigenvalue weighted by Crippen LogP contribution is 2.19. The number of carbonyl (C=O) groups excluding carboxylic acids is 1. The third kappa shape index (κ3) is 5.22. The van der Waals surface area contributed by atoms with Crippen molar-refractivity contribution in [1.29, 1.82) is 0 Å². The molecular formula is C17H26F2N4O. The van der Waals surface area contributed by atoms with Crippen LogP contribution in [-0.2, 0) is 4.79 Å². The van der Waals surface area contributed by atoms with Gasteiger partial charge in [0.1, 0.15) is 11.6 Å². The highest BCUT2D eigenvalue weighted by atomic mass is 19.1. The van der Waals surface area contributed by atoms with Crippen LogP contribution in [0.5, 0.6) is 0 Å². The van der Waals surface area contributed by atoms with Gasteiger partial charge >= 0.3 is 0 Å². The lowest BCUT2D eigenvalue weighted by atomic mass is 9.93. The van der Waals surface area contributed by atoms with E-state index in [1.165, 1.54) is 0 Å². The van der Waals surface area contributed by atoms with Crippen molar-refractivity contribution in [3.8, 4) is 0 Å². The van der Waals surface area contributed by atoms with Crippen molar-refractivity contribution in [2.75, 3.05) is 25.5 Å². The molecule has 1 heterocycles. The van der Waals surface area contributed by atoms with Gasteiger partial charge in [-0.3, -0.25) is 15.6 Å². The maximum atomic E-state index is 13.5. The minimum absolute atomic E-state index is 0.117. The summed E-state index contributed by atoms with van der Waals surface area (Å²) in [5, 5.41) is 2.42. The fourth-order valence-corrected chi connectivity index (χ4v) is 2.99. The first-order chi connectivity index (χ1) is 11.4. The van der Waals surface area contributed by atoms with Gasteiger partial charge in [-0.2, -0.15) is 0 Å². The molecule has 134 valence electrons. The predicted octanol–water partition coefficient (Wildman–Crippen LogP) is 2.12. The lowest BCUT2D eigenvalue weighted by Crippen LogP contribution is -2.30. The third-order valence-corrected chi connectivity index (χ3v) is 4.59. The molecule has 0 saturated carbocycles. The Morgan fingerprint density at radius 1 is 1.21 bits per heavy atom. The van der Waals surface area contributed by atoms with E-state index in [1.807, 2.05) is 7.05 Å². The Morgan fingerprint density at radius 3 is 2.54 bits per heavy atom. The predicted molar refractivity (Wildman–Crippen MR) is 90.4 cm³/mol. The molecule has 0 aliphatic carbocycles. The number of amides is 1. The molecule has 1 aliphatic heterocycles. The average molecular weight is 340 g/mol. The third-order valence-electron chi connectivity index (χ3n) is 4.59. The van der Waals surface area contributed by atoms with Crippen LogP contribution in [-0.4, -0.2) is 43.0 Å². The summed E-state index contributed by atoms with van der Waals surface area (Å²) in [6, 6.07) is 3.86. The van der Waals surface area contributed by atoms with E-state index in [4.69, 9.17) is 0 Å². The first-order valence-electron chi connectivity index (χ1n) is 8.31. The van der Waals surface area contributed by atoms with E-state index < -0.39 is 11.6 Å². The maximum Gasteiger partial charge on any atom is 0.225 e. The van der Waals surface area contributed by atoms with Crippen molar-refractivity contribution in [2.45, 2.75) is 38.8 Å². The van der Waals surface area contributed by atoms with Crippen molar-refractivity contribution in [2.24, 2.45) is 5.92 Å². The van der Waals surface area contributed by atoms with E-state index in [2.05, 4.69) is 34.9 Å². The number of carbonyl (C=O) groups is 1. The van der Waals surface area contributed by atoms with Gasteiger partial charge < -0.3 is 10.2 Å². The first kappa shape index (κ1) is 18.8. The zero-order valence-corrected chi connectivity index (χ0v) is 14.4. The fourth-order valence-electron chi connectivity index (χ4n) is 2.99. The van der Waals surface area contributed by atoms with Crippen molar-refractivity contribution < 1.29 is 13.6 Å². The minimum atomic E-state index is -0.637. The number of hydrogen-bond donors (Lipinski definition) is 3. The van der Waals surface area contributed by atoms with E-state index >= 15 is 0 Å². The minimum Gasteiger partial charge on any atom is -0.323 e. The van der Waals surface area contributed by atoms with Gasteiger partial charge in [-0.15, -0.1) is 0 Å². The Labute approximate surface area is 141 Å². The molecular weight excluding hydrogens is 314 g/mol. The van der Waals surface area contributed by atoms with Crippen molar-refractivity contribution in [1.82, 2.24) is 15.8 Å². The van der Waals surface area contributed by atoms with Gasteiger partial charge in [-0.25, -0.2) is 8.78 Å². The molecule has 1 saturated heterocycles. The van der Waals surface area contributed by atoms with E-state index in [0.29, 0.717) is 24.5 Å². The number of anilines is 1. The van der Waals surface area contributed by atoms with Crippen LogP contribution in [0, 0.1) is 17.6 Å². The van der Waals surface area contributed by atoms with Crippen LogP contribution >= 0.6 is 0 Å². The summed E-state index contributed by atoms with van der Waals surface area (Å²) in [6.45, 7) is 5.76. The summed E-state index contributed by atoms with van der Waals surface area (Å²) in [4.78, 5) is 14.0. The molecule has 1 amide bonds. The largest absolute Gasteiger partial charge is 0.323 e. The van der Waals surface area contributed by atoms with Gasteiger partial charge in [-0.1, -0.05) is 0 Å². The Kier molecular flexibility index (Phi) is 6.65. The van der Waals surface area contributed by atoms with Crippen LogP contribution in [0.25, 0.3) is 0 Å². The van der Waals surface area contributed by atoms with Gasteiger partial charge in [0.2, 0.25) is 5.91 Å². The first-order valence-corrected chi connectivity index (χ1v) is 8.31. The smallest absolute Gasteiger partial charge is 0.225 e. The highest BCUT2D eigenvalue weighted by Gasteiger charge is 2.29. The SMILES string of the molecule is CC1NNC(C)C1CCN(C)CCC(=O)Nc1cc(F)ccc1F. The van der Waals surface area contributed by atoms with E-state index in [-0.39, 0.29) is 18.0 Å². The topological polar surface area (TPSA) is 56.4 Å². The second-order valence-electron chi connectivity index (χ2n) is 6.54. The van der Waals surface area contributed by atoms with E-state index in [1.54, 1.807) is 0 Å². The number of hydrazine groups is 1. The van der Waals surface area contributed by atoms with Gasteiger partial charge in [0.15, 0.2) is 0 Å². The van der Waals surface area contributed by atoms with Gasteiger partial charge in [0.25, 0.3) is 0 Å². The van der Waals surface area contributed by atoms with Gasteiger partial charge in [-0.05, 0) is 51.9 Å². The Hall–Kier alpha value is -1.57. The number of halogens is 2. The highest BCUT2D eigenvalue weighted by molar-refractivity contribution is 5.90. The maximum absolute atomic E-state index is 13.5. The number of hydrogen-bond acceptors (Lipinski definition) is 4. The quantitative estimate of drug-likeness (QED) is 0.712. The second kappa shape index (κ2) is 8.50. The summed E-state index contributed by atoms with van der Waals surface area (Å²) in [6.07, 6.45) is 1.26. The monoisotopic (exact) mass is 340 g/mol. The van der Waals surface area contributed by atoms with Gasteiger partial charge in [0, 0.05) is 31.1 Å². The van der Waals surface area contributed by atoms with E-state index in [9.17, 15) is 13.6 Å². The zero-order valence-electron chi connectivity index (χ0n) is 14.4. The summed E-state index contributed by atoms with van der Waals surface area (Å²) >= 11 is 0. The molecule has 3 N–H and O–H groups in total. The van der Waals surface area contributed by atoms with Crippen LogP contribution < -0.4 is 16.2 Å². The van der Waals surface area contributed by atoms with E-state index in [0.717, 1.165) is 31.2 Å². The molecule has 0 aromatic heterocycles. The fraction of sp³-hybridized carbons (Fsp3) is 0.588. The van der Waals surface area contributed by atoms with Gasteiger partial charge in [0.05, 0.1) is 5.69 Å². The summed E-state index contributed by atoms with van der Waals surface area (Å²) in [7, 11) is 1.96. The lowest BCUT2D eigenvalue weighted by molar-refractivity contribution is -0.116. The number of nitrogens with zero attached hydrogens (tertiary/aromatic N) is 1. The molecule has 0 spiro atoms. The van der Waals surface area contributed by atoms with Crippen molar-refractivity contribution in [3.05, 3.63) is 29.8 Å². The lowest BCUT2D eigenvalue weighted by Gasteiger charge is -2.22. The molecule has 2 atom stereocenters. The normalized spacial score (nSPS) is 23.7. The molecule has 0 bridgehead atoms. The molecule has 1 aromatic carbocycles. The average Bonchev–Trinajstić information content (AvgIpc) is 2.85. The molecule has 24 heavy (non-hydrogen) atoms. The Morgan fingerprint density at radius 2 is 1.88 bits per heavy atom. The molecule has 1 fully saturated rings. The Bertz CT molecular complexity index is 560. The van der Waals surface area contributed by atoms with Crippen LogP contribution in [0.15, 0.2) is 18.2 Å². The van der Waals surface area contributed by atoms with Crippen LogP contribution in [0.1, 0.15) is 26.7 Å². The van der Waals surface area contributed by atoms with Crippen LogP contribution in [0.2, 0.25) is 0 Å². The second-order valence-corrected chi connectivity index (χ2v) is 6.54. The number of benzene rings is 1. The molecule has 2 unspecified atom stereocenters. The molecule has 1 aliphatic rings. The van der Waals surface area contributed by atoms with Crippen LogP contribution in [0.4, 0.5) is 14.5 Å². The summed E-state index contributed by atoms with van der Waals surface area (Å²) < 4.78 is 26.6. The zero-order chi connectivity index (χ0) is 17.7.